The van der Waals surface area contributed by atoms with Crippen LogP contribution >= 0.6 is 0 Å². The largest absolute Gasteiger partial charge is 0.409 e. The molecule has 0 aliphatic heterocycles. The highest BCUT2D eigenvalue weighted by molar-refractivity contribution is 5.82. The fourth-order valence-corrected chi connectivity index (χ4v) is 2.90. The summed E-state index contributed by atoms with van der Waals surface area (Å²) in [5.74, 6) is 0.501. The number of amidine groups is 1. The van der Waals surface area contributed by atoms with Gasteiger partial charge in [0.1, 0.15) is 5.84 Å². The van der Waals surface area contributed by atoms with Crippen molar-refractivity contribution in [2.75, 3.05) is 13.1 Å². The highest BCUT2D eigenvalue weighted by Crippen LogP contribution is 2.41. The molecule has 1 saturated carbocycles. The van der Waals surface area contributed by atoms with Crippen LogP contribution in [-0.2, 0) is 4.79 Å². The van der Waals surface area contributed by atoms with Crippen LogP contribution in [-0.4, -0.2) is 34.9 Å². The highest BCUT2D eigenvalue weighted by atomic mass is 16.4. The van der Waals surface area contributed by atoms with Crippen molar-refractivity contribution >= 4 is 11.7 Å². The van der Waals surface area contributed by atoms with E-state index in [1.54, 1.807) is 0 Å². The normalized spacial score (nSPS) is 23.1. The molecule has 1 atom stereocenters. The minimum Gasteiger partial charge on any atom is -0.409 e. The first kappa shape index (κ1) is 15.8. The van der Waals surface area contributed by atoms with Gasteiger partial charge in [-0.1, -0.05) is 31.8 Å². The van der Waals surface area contributed by atoms with Crippen LogP contribution in [0.5, 0.6) is 0 Å². The summed E-state index contributed by atoms with van der Waals surface area (Å²) in [4.78, 5) is 14.5. The van der Waals surface area contributed by atoms with Gasteiger partial charge in [-0.2, -0.15) is 0 Å². The summed E-state index contributed by atoms with van der Waals surface area (Å²) < 4.78 is 0. The molecular formula is C14H27N3O2. The molecule has 0 aromatic carbocycles. The summed E-state index contributed by atoms with van der Waals surface area (Å²) in [6.07, 6.45) is 4.86. The van der Waals surface area contributed by atoms with Crippen molar-refractivity contribution in [2.24, 2.45) is 22.2 Å². The number of oxime groups is 1. The lowest BCUT2D eigenvalue weighted by atomic mass is 9.68. The highest BCUT2D eigenvalue weighted by Gasteiger charge is 2.38. The van der Waals surface area contributed by atoms with Gasteiger partial charge in [-0.05, 0) is 25.2 Å². The maximum atomic E-state index is 12.6. The predicted octanol–water partition coefficient (Wildman–Crippen LogP) is 2.19. The number of rotatable bonds is 5. The monoisotopic (exact) mass is 269 g/mol. The van der Waals surface area contributed by atoms with Crippen molar-refractivity contribution in [1.29, 1.82) is 0 Å². The summed E-state index contributed by atoms with van der Waals surface area (Å²) in [6.45, 7) is 7.54. The smallest absolute Gasteiger partial charge is 0.226 e. The van der Waals surface area contributed by atoms with Gasteiger partial charge in [0.2, 0.25) is 5.91 Å². The summed E-state index contributed by atoms with van der Waals surface area (Å²) >= 11 is 0. The minimum absolute atomic E-state index is 0.0827. The average Bonchev–Trinajstić information content (AvgIpc) is 2.38. The van der Waals surface area contributed by atoms with Crippen LogP contribution < -0.4 is 5.73 Å². The van der Waals surface area contributed by atoms with Crippen molar-refractivity contribution < 1.29 is 10.0 Å². The Morgan fingerprint density at radius 2 is 2.16 bits per heavy atom. The maximum Gasteiger partial charge on any atom is 0.226 e. The Balaban J connectivity index is 2.66. The van der Waals surface area contributed by atoms with E-state index in [0.717, 1.165) is 19.3 Å². The number of amides is 1. The van der Waals surface area contributed by atoms with Gasteiger partial charge in [0.05, 0.1) is 0 Å². The first-order valence-electron chi connectivity index (χ1n) is 7.17. The van der Waals surface area contributed by atoms with E-state index in [0.29, 0.717) is 19.5 Å². The molecule has 110 valence electrons. The molecule has 3 N–H and O–H groups in total. The first-order chi connectivity index (χ1) is 8.92. The second kappa shape index (κ2) is 6.78. The lowest BCUT2D eigenvalue weighted by Crippen LogP contribution is -2.44. The molecule has 0 heterocycles. The quantitative estimate of drug-likeness (QED) is 0.347. The van der Waals surface area contributed by atoms with Crippen LogP contribution in [0.1, 0.15) is 52.9 Å². The minimum atomic E-state index is 0.0827. The third kappa shape index (κ3) is 4.11. The standard InChI is InChI=1S/C14H27N3O2/c1-4-17(10-8-12(15)16-19)13(18)11-7-5-6-9-14(11,2)3/h11,19H,4-10H2,1-3H3,(H2,15,16). The molecule has 0 aromatic rings. The third-order valence-corrected chi connectivity index (χ3v) is 4.27. The van der Waals surface area contributed by atoms with Crippen molar-refractivity contribution in [3.8, 4) is 0 Å². The van der Waals surface area contributed by atoms with Gasteiger partial charge in [0.15, 0.2) is 0 Å². The van der Waals surface area contributed by atoms with Gasteiger partial charge in [-0.3, -0.25) is 4.79 Å². The Hall–Kier alpha value is -1.26. The summed E-state index contributed by atoms with van der Waals surface area (Å²) in [6, 6.07) is 0. The van der Waals surface area contributed by atoms with Crippen molar-refractivity contribution in [1.82, 2.24) is 4.90 Å². The van der Waals surface area contributed by atoms with Gasteiger partial charge in [0, 0.05) is 25.4 Å². The first-order valence-corrected chi connectivity index (χ1v) is 7.17. The average molecular weight is 269 g/mol. The Morgan fingerprint density at radius 3 is 2.68 bits per heavy atom. The molecule has 5 nitrogen and oxygen atoms in total. The van der Waals surface area contributed by atoms with Gasteiger partial charge in [-0.15, -0.1) is 0 Å². The van der Waals surface area contributed by atoms with Crippen LogP contribution in [0.25, 0.3) is 0 Å². The fourth-order valence-electron chi connectivity index (χ4n) is 2.90. The molecule has 0 aromatic heterocycles. The Labute approximate surface area is 115 Å². The van der Waals surface area contributed by atoms with E-state index in [1.165, 1.54) is 6.42 Å². The van der Waals surface area contributed by atoms with Crippen LogP contribution in [0.3, 0.4) is 0 Å². The number of carbonyl (C=O) groups is 1. The molecule has 0 spiro atoms. The van der Waals surface area contributed by atoms with Crippen LogP contribution in [0.15, 0.2) is 5.16 Å². The number of nitrogens with zero attached hydrogens (tertiary/aromatic N) is 2. The molecule has 0 radical (unpaired) electrons. The van der Waals surface area contributed by atoms with Crippen molar-refractivity contribution in [2.45, 2.75) is 52.9 Å². The molecule has 0 saturated heterocycles. The van der Waals surface area contributed by atoms with Crippen molar-refractivity contribution in [3.05, 3.63) is 0 Å². The van der Waals surface area contributed by atoms with Crippen LogP contribution in [0.4, 0.5) is 0 Å². The molecular weight excluding hydrogens is 242 g/mol. The molecule has 5 heteroatoms. The number of nitrogens with two attached hydrogens (primary N) is 1. The molecule has 1 fully saturated rings. The fraction of sp³-hybridized carbons (Fsp3) is 0.857. The van der Waals surface area contributed by atoms with Crippen LogP contribution in [0.2, 0.25) is 0 Å². The Morgan fingerprint density at radius 1 is 1.47 bits per heavy atom. The summed E-state index contributed by atoms with van der Waals surface area (Å²) in [5.41, 5.74) is 5.55. The maximum absolute atomic E-state index is 12.6. The summed E-state index contributed by atoms with van der Waals surface area (Å²) in [7, 11) is 0. The lowest BCUT2D eigenvalue weighted by Gasteiger charge is -2.40. The number of hydrogen-bond donors (Lipinski definition) is 2. The topological polar surface area (TPSA) is 78.9 Å². The molecule has 1 unspecified atom stereocenters. The lowest BCUT2D eigenvalue weighted by molar-refractivity contribution is -0.140. The second-order valence-electron chi connectivity index (χ2n) is 6.05. The van der Waals surface area contributed by atoms with E-state index in [-0.39, 0.29) is 23.1 Å². The Kier molecular flexibility index (Phi) is 5.63. The number of carbonyl (C=O) groups excluding carboxylic acids is 1. The molecule has 1 aliphatic carbocycles. The van der Waals surface area contributed by atoms with Crippen molar-refractivity contribution in [3.63, 3.8) is 0 Å². The zero-order chi connectivity index (χ0) is 14.5. The molecule has 1 amide bonds. The third-order valence-electron chi connectivity index (χ3n) is 4.27. The van der Waals surface area contributed by atoms with E-state index in [9.17, 15) is 4.79 Å². The zero-order valence-corrected chi connectivity index (χ0v) is 12.4. The second-order valence-corrected chi connectivity index (χ2v) is 6.05. The van der Waals surface area contributed by atoms with E-state index in [2.05, 4.69) is 19.0 Å². The van der Waals surface area contributed by atoms with Gasteiger partial charge < -0.3 is 15.8 Å². The van der Waals surface area contributed by atoms with E-state index >= 15 is 0 Å². The SMILES string of the molecule is CCN(CCC(N)=NO)C(=O)C1CCCCC1(C)C. The molecule has 0 bridgehead atoms. The Bertz CT molecular complexity index is 340. The molecule has 1 aliphatic rings. The van der Waals surface area contributed by atoms with E-state index in [4.69, 9.17) is 10.9 Å². The van der Waals surface area contributed by atoms with Gasteiger partial charge in [0.25, 0.3) is 0 Å². The van der Waals surface area contributed by atoms with E-state index < -0.39 is 0 Å². The zero-order valence-electron chi connectivity index (χ0n) is 12.4. The predicted molar refractivity (Wildman–Crippen MR) is 76.0 cm³/mol. The van der Waals surface area contributed by atoms with Gasteiger partial charge >= 0.3 is 0 Å². The summed E-state index contributed by atoms with van der Waals surface area (Å²) in [5, 5.41) is 11.5. The number of hydrogen-bond acceptors (Lipinski definition) is 3. The molecule has 1 rings (SSSR count). The van der Waals surface area contributed by atoms with E-state index in [1.807, 2.05) is 11.8 Å². The molecule has 19 heavy (non-hydrogen) atoms. The van der Waals surface area contributed by atoms with Crippen LogP contribution in [0, 0.1) is 11.3 Å². The van der Waals surface area contributed by atoms with Gasteiger partial charge in [-0.25, -0.2) is 0 Å².